The van der Waals surface area contributed by atoms with Crippen LogP contribution in [-0.2, 0) is 32.5 Å². The van der Waals surface area contributed by atoms with E-state index in [-0.39, 0.29) is 18.0 Å². The molecule has 5 heteroatoms. The number of hydrogen-bond acceptors (Lipinski definition) is 3. The molecule has 1 aliphatic rings. The fraction of sp³-hybridized carbons (Fsp3) is 0.357. The normalized spacial score (nSPS) is 16.9. The monoisotopic (exact) mass is 466 g/mol. The molecule has 0 fully saturated rings. The van der Waals surface area contributed by atoms with Gasteiger partial charge < -0.3 is 12.4 Å². The van der Waals surface area contributed by atoms with Crippen LogP contribution in [0, 0.1) is 13.8 Å². The third-order valence-electron chi connectivity index (χ3n) is 3.55. The summed E-state index contributed by atoms with van der Waals surface area (Å²) in [5, 5.41) is 1.04. The molecule has 0 aliphatic carbocycles. The molecule has 0 saturated heterocycles. The molecule has 0 spiro atoms. The smallest absolute Gasteiger partial charge is 1.00 e. The molecule has 96 valence electrons. The zero-order valence-electron chi connectivity index (χ0n) is 11.0. The zero-order chi connectivity index (χ0) is 12.9. The van der Waals surface area contributed by atoms with Crippen molar-refractivity contribution >= 4 is 11.0 Å². The van der Waals surface area contributed by atoms with Crippen molar-refractivity contribution in [3.8, 4) is 5.75 Å². The van der Waals surface area contributed by atoms with Crippen LogP contribution in [0.1, 0.15) is 16.7 Å². The van der Waals surface area contributed by atoms with E-state index in [1.165, 1.54) is 9.49 Å². The van der Waals surface area contributed by atoms with E-state index in [0.717, 1.165) is 54.8 Å². The summed E-state index contributed by atoms with van der Waals surface area (Å²) in [6, 6.07) is 3.68. The summed E-state index contributed by atoms with van der Waals surface area (Å²) in [6.07, 6.45) is 1.33. The van der Waals surface area contributed by atoms with Gasteiger partial charge in [0.1, 0.15) is 0 Å². The van der Waals surface area contributed by atoms with Crippen molar-refractivity contribution in [1.29, 1.82) is 0 Å². The van der Waals surface area contributed by atoms with Crippen molar-refractivity contribution in [1.82, 2.24) is 0 Å². The molecule has 3 rings (SSSR count). The Morgan fingerprint density at radius 2 is 2.11 bits per heavy atom. The second kappa shape index (κ2) is 5.45. The Kier molecular flexibility index (Phi) is 4.26. The van der Waals surface area contributed by atoms with Gasteiger partial charge in [0.15, 0.2) is 0 Å². The molecule has 1 unspecified atom stereocenters. The summed E-state index contributed by atoms with van der Waals surface area (Å²) in [7, 11) is 0. The Morgan fingerprint density at radius 1 is 1.37 bits per heavy atom. The first-order valence-electron chi connectivity index (χ1n) is 6.13. The molecule has 0 saturated carbocycles. The first-order chi connectivity index (χ1) is 8.60. The maximum atomic E-state index is 11.5. The van der Waals surface area contributed by atoms with Crippen LogP contribution in [0.4, 0.5) is 0 Å². The van der Waals surface area contributed by atoms with Gasteiger partial charge in [0.2, 0.25) is 0 Å². The quantitative estimate of drug-likeness (QED) is 0.429. The predicted molar refractivity (Wildman–Crippen MR) is 64.9 cm³/mol. The molecule has 0 radical (unpaired) electrons. The second-order valence-electron chi connectivity index (χ2n) is 4.85. The van der Waals surface area contributed by atoms with E-state index in [1.54, 1.807) is 6.07 Å². The molecule has 1 aromatic heterocycles. The molecule has 1 atom stereocenters. The molecule has 1 aromatic carbocycles. The second-order valence-corrected chi connectivity index (χ2v) is 7.09. The van der Waals surface area contributed by atoms with Crippen molar-refractivity contribution in [2.24, 2.45) is 0 Å². The van der Waals surface area contributed by atoms with Crippen LogP contribution in [0.25, 0.3) is 11.0 Å². The first kappa shape index (κ1) is 14.9. The number of rotatable bonds is 1. The average Bonchev–Trinajstić information content (AvgIpc) is 2.74. The van der Waals surface area contributed by atoms with Gasteiger partial charge in [0.05, 0.1) is 0 Å². The van der Waals surface area contributed by atoms with Gasteiger partial charge in [-0.3, -0.25) is 0 Å². The minimum Gasteiger partial charge on any atom is -1.00 e. The standard InChI is InChI=1S/C14H13O3.ClH.Hg/c1-7-4-12(15)17-14-9(3)13-10(6-11(7)14)5-8(2)16-13;;/h4,6,8H,2,5H2,1,3H3;1H;/q;;+1/p-1. The van der Waals surface area contributed by atoms with E-state index in [2.05, 4.69) is 6.07 Å². The van der Waals surface area contributed by atoms with Gasteiger partial charge in [-0.1, -0.05) is 0 Å². The predicted octanol–water partition coefficient (Wildman–Crippen LogP) is -0.318. The van der Waals surface area contributed by atoms with E-state index in [0.29, 0.717) is 11.7 Å². The summed E-state index contributed by atoms with van der Waals surface area (Å²) in [6.45, 7) is 3.93. The molecule has 2 aromatic rings. The summed E-state index contributed by atoms with van der Waals surface area (Å²) in [4.78, 5) is 11.5. The Hall–Kier alpha value is -0.545. The van der Waals surface area contributed by atoms with Crippen LogP contribution in [0.5, 0.6) is 5.75 Å². The minimum absolute atomic E-state index is 0. The summed E-state index contributed by atoms with van der Waals surface area (Å²) in [5.74, 6) is 0.937. The van der Waals surface area contributed by atoms with Crippen LogP contribution in [0.15, 0.2) is 21.3 Å². The summed E-state index contributed by atoms with van der Waals surface area (Å²) < 4.78 is 12.5. The van der Waals surface area contributed by atoms with E-state index in [9.17, 15) is 4.79 Å². The third kappa shape index (κ3) is 2.43. The number of ether oxygens (including phenoxy) is 1. The molecule has 19 heavy (non-hydrogen) atoms. The summed E-state index contributed by atoms with van der Waals surface area (Å²) >= 11 is 0.752. The average molecular weight is 465 g/mol. The van der Waals surface area contributed by atoms with Gasteiger partial charge >= 0.3 is 122 Å². The summed E-state index contributed by atoms with van der Waals surface area (Å²) in [5.41, 5.74) is 3.59. The van der Waals surface area contributed by atoms with Gasteiger partial charge in [-0.05, 0) is 0 Å². The fourth-order valence-electron chi connectivity index (χ4n) is 2.59. The van der Waals surface area contributed by atoms with E-state index in [4.69, 9.17) is 9.15 Å². The Balaban J connectivity index is 0.00000133. The van der Waals surface area contributed by atoms with Crippen molar-refractivity contribution < 1.29 is 47.7 Å². The van der Waals surface area contributed by atoms with Gasteiger partial charge in [-0.25, -0.2) is 0 Å². The van der Waals surface area contributed by atoms with E-state index < -0.39 is 0 Å². The van der Waals surface area contributed by atoms with Crippen molar-refractivity contribution in [2.45, 2.75) is 30.3 Å². The molecule has 0 amide bonds. The number of fused-ring (bicyclic) bond motifs is 2. The minimum atomic E-state index is -0.288. The molecular weight excluding hydrogens is 452 g/mol. The third-order valence-corrected chi connectivity index (χ3v) is 6.06. The van der Waals surface area contributed by atoms with Crippen molar-refractivity contribution in [2.75, 3.05) is 0 Å². The molecule has 2 heterocycles. The maximum Gasteiger partial charge on any atom is -1.00 e. The van der Waals surface area contributed by atoms with E-state index >= 15 is 0 Å². The number of aryl methyl sites for hydroxylation is 2. The van der Waals surface area contributed by atoms with E-state index in [1.807, 2.05) is 13.8 Å². The molecule has 1 aliphatic heterocycles. The van der Waals surface area contributed by atoms with Crippen molar-refractivity contribution in [3.05, 3.63) is 39.2 Å². The van der Waals surface area contributed by atoms with Gasteiger partial charge in [0, 0.05) is 0 Å². The largest absolute Gasteiger partial charge is 1.00 e. The van der Waals surface area contributed by atoms with Gasteiger partial charge in [0.25, 0.3) is 0 Å². The van der Waals surface area contributed by atoms with Gasteiger partial charge in [-0.2, -0.15) is 0 Å². The van der Waals surface area contributed by atoms with Crippen LogP contribution < -0.4 is 22.8 Å². The maximum absolute atomic E-state index is 11.5. The molecular formula is C14H13ClHgO3. The molecule has 0 N–H and O–H groups in total. The van der Waals surface area contributed by atoms with Gasteiger partial charge in [-0.15, -0.1) is 0 Å². The van der Waals surface area contributed by atoms with Crippen LogP contribution >= 0.6 is 0 Å². The van der Waals surface area contributed by atoms with Crippen LogP contribution in [0.3, 0.4) is 0 Å². The van der Waals surface area contributed by atoms with Crippen LogP contribution in [0.2, 0.25) is 3.93 Å². The number of hydrogen-bond donors (Lipinski definition) is 0. The molecule has 3 nitrogen and oxygen atoms in total. The number of halogens is 1. The van der Waals surface area contributed by atoms with Crippen LogP contribution in [-0.4, -0.2) is 6.10 Å². The first-order valence-corrected chi connectivity index (χ1v) is 10.0. The number of benzene rings is 1. The Morgan fingerprint density at radius 3 is 2.79 bits per heavy atom. The fourth-order valence-corrected chi connectivity index (χ4v) is 3.84. The zero-order valence-corrected chi connectivity index (χ0v) is 17.2. The Labute approximate surface area is 133 Å². The topological polar surface area (TPSA) is 39.4 Å². The molecule has 0 bridgehead atoms. The van der Waals surface area contributed by atoms with Crippen molar-refractivity contribution in [3.63, 3.8) is 0 Å². The Bertz CT molecular complexity index is 693. The SMILES string of the molecule is Cc1cc(=O)oc2c(C)c3c(cc12)CC([CH2][Hg+])O3.[Cl-].